The Morgan fingerprint density at radius 3 is 3.06 bits per heavy atom. The minimum Gasteiger partial charge on any atom is -0.458 e. The van der Waals surface area contributed by atoms with E-state index in [9.17, 15) is 4.79 Å². The molecule has 0 bridgehead atoms. The maximum Gasteiger partial charge on any atom is 0.303 e. The van der Waals surface area contributed by atoms with E-state index in [1.165, 1.54) is 6.20 Å². The molecule has 0 unspecified atom stereocenters. The van der Waals surface area contributed by atoms with Gasteiger partial charge in [-0.15, -0.1) is 0 Å². The Kier molecular flexibility index (Phi) is 1.88. The molecule has 0 N–H and O–H groups in total. The zero-order chi connectivity index (χ0) is 18.3. The first-order valence-electron chi connectivity index (χ1n) is 8.05. The van der Waals surface area contributed by atoms with E-state index in [1.807, 2.05) is 0 Å². The summed E-state index contributed by atoms with van der Waals surface area (Å²) >= 11 is 3.19. The molecule has 2 aromatic rings. The summed E-state index contributed by atoms with van der Waals surface area (Å²) in [7, 11) is 0. The highest BCUT2D eigenvalue weighted by atomic mass is 79.9. The van der Waals surface area contributed by atoms with Crippen LogP contribution < -0.4 is 0 Å². The predicted molar refractivity (Wildman–Crippen MR) is 71.1 cm³/mol. The minimum absolute atomic E-state index is 0.273. The van der Waals surface area contributed by atoms with E-state index in [0.717, 1.165) is 11.6 Å². The first-order chi connectivity index (χ1) is 10.9. The predicted octanol–water partition coefficient (Wildman–Crippen LogP) is 2.54. The lowest BCUT2D eigenvalue weighted by Gasteiger charge is -2.24. The van der Waals surface area contributed by atoms with Crippen LogP contribution in [0.3, 0.4) is 0 Å². The van der Waals surface area contributed by atoms with E-state index >= 15 is 0 Å². The lowest BCUT2D eigenvalue weighted by Crippen LogP contribution is -2.32. The summed E-state index contributed by atoms with van der Waals surface area (Å²) in [5.74, 6) is -1.01. The number of hydrogen-bond donors (Lipinski definition) is 0. The van der Waals surface area contributed by atoms with Crippen molar-refractivity contribution in [1.82, 2.24) is 14.8 Å². The van der Waals surface area contributed by atoms with Gasteiger partial charge in [-0.05, 0) is 41.8 Å². The Bertz CT molecular complexity index is 756. The zero-order valence-corrected chi connectivity index (χ0v) is 11.1. The second kappa shape index (κ2) is 4.68. The molecule has 0 aromatic carbocycles. The van der Waals surface area contributed by atoms with Crippen LogP contribution in [-0.4, -0.2) is 26.3 Å². The number of pyridine rings is 1. The molecule has 0 saturated carbocycles. The molecule has 0 fully saturated rings. The van der Waals surface area contributed by atoms with E-state index in [2.05, 4.69) is 26.0 Å². The standard InChI is InChI=1S/C12H14BrN3O2/c1-8(17)18-12(2,3)7-16-11-9(6-14-16)4-5-10(13)15-11/h4-6H,7H2,1-3H3/i2D3,3D3. The number of nitrogens with zero attached hydrogens (tertiary/aromatic N) is 3. The maximum atomic E-state index is 11.4. The van der Waals surface area contributed by atoms with Crippen molar-refractivity contribution in [3.05, 3.63) is 22.9 Å². The summed E-state index contributed by atoms with van der Waals surface area (Å²) < 4.78 is 52.4. The van der Waals surface area contributed by atoms with Crippen LogP contribution in [0.4, 0.5) is 0 Å². The van der Waals surface area contributed by atoms with Crippen LogP contribution in [0.15, 0.2) is 22.9 Å². The van der Waals surface area contributed by atoms with Crippen LogP contribution in [0.5, 0.6) is 0 Å². The zero-order valence-electron chi connectivity index (χ0n) is 15.5. The van der Waals surface area contributed by atoms with Gasteiger partial charge in [-0.1, -0.05) is 0 Å². The van der Waals surface area contributed by atoms with Crippen molar-refractivity contribution in [2.24, 2.45) is 0 Å². The molecule has 96 valence electrons. The van der Waals surface area contributed by atoms with E-state index in [1.54, 1.807) is 12.1 Å². The van der Waals surface area contributed by atoms with Crippen molar-refractivity contribution in [2.75, 3.05) is 0 Å². The number of rotatable bonds is 3. The van der Waals surface area contributed by atoms with Gasteiger partial charge in [0, 0.05) is 20.5 Å². The fourth-order valence-corrected chi connectivity index (χ4v) is 1.83. The number of esters is 1. The highest BCUT2D eigenvalue weighted by Gasteiger charge is 2.23. The van der Waals surface area contributed by atoms with Crippen LogP contribution in [0.2, 0.25) is 0 Å². The number of halogens is 1. The summed E-state index contributed by atoms with van der Waals surface area (Å²) in [6.45, 7) is -5.93. The molecule has 2 rings (SSSR count). The number of aromatic nitrogens is 3. The Morgan fingerprint density at radius 1 is 1.61 bits per heavy atom. The Balaban J connectivity index is 2.63. The van der Waals surface area contributed by atoms with Crippen LogP contribution in [0.1, 0.15) is 28.9 Å². The van der Waals surface area contributed by atoms with Gasteiger partial charge in [-0.3, -0.25) is 4.79 Å². The van der Waals surface area contributed by atoms with Gasteiger partial charge in [0.15, 0.2) is 5.65 Å². The van der Waals surface area contributed by atoms with E-state index < -0.39 is 31.8 Å². The highest BCUT2D eigenvalue weighted by molar-refractivity contribution is 9.10. The SMILES string of the molecule is [2H]C([2H])([2H])C(Cn1ncc2ccc(Br)nc21)(OC(C)=O)C([2H])([2H])[2H]. The molecule has 0 amide bonds. The van der Waals surface area contributed by atoms with Crippen molar-refractivity contribution in [1.29, 1.82) is 0 Å². The summed E-state index contributed by atoms with van der Waals surface area (Å²) in [5, 5.41) is 4.59. The van der Waals surface area contributed by atoms with Crippen molar-refractivity contribution in [3.8, 4) is 0 Å². The fourth-order valence-electron chi connectivity index (χ4n) is 1.53. The molecule has 0 spiro atoms. The second-order valence-electron chi connectivity index (χ2n) is 3.77. The monoisotopic (exact) mass is 317 g/mol. The lowest BCUT2D eigenvalue weighted by atomic mass is 10.1. The van der Waals surface area contributed by atoms with Gasteiger partial charge >= 0.3 is 5.97 Å². The fraction of sp³-hybridized carbons (Fsp3) is 0.417. The summed E-state index contributed by atoms with van der Waals surface area (Å²) in [5.41, 5.74) is -2.47. The number of hydrogen-bond acceptors (Lipinski definition) is 4. The molecule has 6 heteroatoms. The van der Waals surface area contributed by atoms with Gasteiger partial charge in [-0.25, -0.2) is 9.67 Å². The largest absolute Gasteiger partial charge is 0.458 e. The average Bonchev–Trinajstić information content (AvgIpc) is 2.77. The van der Waals surface area contributed by atoms with Crippen LogP contribution in [0, 0.1) is 0 Å². The normalized spacial score (nSPS) is 18.1. The maximum absolute atomic E-state index is 11.4. The number of carbonyl (C=O) groups is 1. The topological polar surface area (TPSA) is 57.0 Å². The molecular weight excluding hydrogens is 298 g/mol. The molecule has 5 nitrogen and oxygen atoms in total. The summed E-state index contributed by atoms with van der Waals surface area (Å²) in [4.78, 5) is 15.6. The molecule has 0 atom stereocenters. The third-order valence-electron chi connectivity index (χ3n) is 2.14. The number of ether oxygens (including phenoxy) is 1. The molecule has 0 saturated heterocycles. The van der Waals surface area contributed by atoms with Gasteiger partial charge < -0.3 is 4.74 Å². The smallest absolute Gasteiger partial charge is 0.303 e. The van der Waals surface area contributed by atoms with Gasteiger partial charge in [0.2, 0.25) is 0 Å². The van der Waals surface area contributed by atoms with Crippen LogP contribution in [-0.2, 0) is 16.1 Å². The molecule has 0 aliphatic rings. The van der Waals surface area contributed by atoms with Crippen LogP contribution in [0.25, 0.3) is 11.0 Å². The number of carbonyl (C=O) groups excluding carboxylic acids is 1. The molecule has 2 aromatic heterocycles. The third kappa shape index (κ3) is 2.87. The van der Waals surface area contributed by atoms with E-state index in [0.29, 0.717) is 9.99 Å². The molecule has 0 aliphatic heterocycles. The molecule has 0 aliphatic carbocycles. The second-order valence-corrected chi connectivity index (χ2v) is 4.58. The molecular formula is C12H14BrN3O2. The highest BCUT2D eigenvalue weighted by Crippen LogP contribution is 2.19. The first-order valence-corrected chi connectivity index (χ1v) is 5.84. The molecule has 18 heavy (non-hydrogen) atoms. The van der Waals surface area contributed by atoms with Gasteiger partial charge in [0.1, 0.15) is 10.2 Å². The summed E-state index contributed by atoms with van der Waals surface area (Å²) in [6.07, 6.45) is 1.42. The minimum atomic E-state index is -3.10. The lowest BCUT2D eigenvalue weighted by molar-refractivity contribution is -0.154. The van der Waals surface area contributed by atoms with Gasteiger partial charge in [0.25, 0.3) is 0 Å². The van der Waals surface area contributed by atoms with Crippen LogP contribution >= 0.6 is 15.9 Å². The van der Waals surface area contributed by atoms with Crippen molar-refractivity contribution >= 4 is 32.9 Å². The first kappa shape index (κ1) is 7.23. The molecule has 2 heterocycles. The Hall–Kier alpha value is -1.43. The Labute approximate surface area is 122 Å². The van der Waals surface area contributed by atoms with Gasteiger partial charge in [-0.2, -0.15) is 5.10 Å². The van der Waals surface area contributed by atoms with Crippen molar-refractivity contribution in [2.45, 2.75) is 32.8 Å². The average molecular weight is 318 g/mol. The third-order valence-corrected chi connectivity index (χ3v) is 2.58. The quantitative estimate of drug-likeness (QED) is 0.644. The number of fused-ring (bicyclic) bond motifs is 1. The molecule has 0 radical (unpaired) electrons. The summed E-state index contributed by atoms with van der Waals surface area (Å²) in [6, 6.07) is 3.36. The Morgan fingerprint density at radius 2 is 2.39 bits per heavy atom. The van der Waals surface area contributed by atoms with Gasteiger partial charge in [0.05, 0.1) is 12.7 Å². The van der Waals surface area contributed by atoms with E-state index in [4.69, 9.17) is 13.0 Å². The van der Waals surface area contributed by atoms with E-state index in [-0.39, 0.29) is 5.65 Å². The van der Waals surface area contributed by atoms with Crippen molar-refractivity contribution < 1.29 is 17.8 Å². The van der Waals surface area contributed by atoms with Crippen molar-refractivity contribution in [3.63, 3.8) is 0 Å².